The topological polar surface area (TPSA) is 15.3 Å². The summed E-state index contributed by atoms with van der Waals surface area (Å²) in [6.45, 7) is 3.68. The van der Waals surface area contributed by atoms with Crippen LogP contribution >= 0.6 is 0 Å². The summed E-state index contributed by atoms with van der Waals surface area (Å²) < 4.78 is 0. The third-order valence-electron chi connectivity index (χ3n) is 1.86. The number of hydrogen-bond donors (Lipinski definition) is 1. The molecule has 71 valence electrons. The van der Waals surface area contributed by atoms with Crippen LogP contribution in [0.25, 0.3) is 0 Å². The van der Waals surface area contributed by atoms with Crippen molar-refractivity contribution in [2.75, 3.05) is 13.1 Å². The van der Waals surface area contributed by atoms with E-state index in [1.807, 2.05) is 19.1 Å². The molecule has 0 unspecified atom stereocenters. The molecule has 1 N–H and O–H groups in total. The zero-order chi connectivity index (χ0) is 9.52. The second kappa shape index (κ2) is 8.60. The van der Waals surface area contributed by atoms with Gasteiger partial charge in [0.05, 0.1) is 0 Å². The van der Waals surface area contributed by atoms with Gasteiger partial charge in [-0.15, -0.1) is 0 Å². The van der Waals surface area contributed by atoms with Crippen LogP contribution in [-0.2, 0) is 39.1 Å². The van der Waals surface area contributed by atoms with Crippen molar-refractivity contribution in [1.82, 2.24) is 10.3 Å². The minimum Gasteiger partial charge on any atom is -0.298 e. The van der Waals surface area contributed by atoms with E-state index in [0.29, 0.717) is 0 Å². The van der Waals surface area contributed by atoms with E-state index in [1.165, 1.54) is 5.56 Å². The fourth-order valence-corrected chi connectivity index (χ4v) is 1.04. The molecule has 1 aromatic rings. The summed E-state index contributed by atoms with van der Waals surface area (Å²) in [5.74, 6) is 0. The molecule has 0 aliphatic heterocycles. The Morgan fingerprint density at radius 2 is 2.07 bits per heavy atom. The van der Waals surface area contributed by atoms with Gasteiger partial charge in [-0.25, -0.2) is 0 Å². The predicted octanol–water partition coefficient (Wildman–Crippen LogP) is 0.937. The largest absolute Gasteiger partial charge is 0.298 e. The Morgan fingerprint density at radius 3 is 2.64 bits per heavy atom. The second-order valence-corrected chi connectivity index (χ2v) is 2.85. The standard InChI is InChI=1S/C10H14BN2.Y/c1-2-13(11)12-9-8-10-6-4-3-5-7-10;/h4-7,12H,2,8-9H2,1H3;/q-1;. The molecule has 3 radical (unpaired) electrons. The molecule has 0 saturated heterocycles. The van der Waals surface area contributed by atoms with Crippen molar-refractivity contribution in [3.63, 3.8) is 0 Å². The minimum absolute atomic E-state index is 0. The molecule has 0 fully saturated rings. The smallest absolute Gasteiger partial charge is 0.206 e. The molecule has 4 heteroatoms. The fourth-order valence-electron chi connectivity index (χ4n) is 1.04. The van der Waals surface area contributed by atoms with Crippen molar-refractivity contribution in [3.05, 3.63) is 35.9 Å². The van der Waals surface area contributed by atoms with E-state index in [1.54, 1.807) is 4.92 Å². The van der Waals surface area contributed by atoms with E-state index < -0.39 is 0 Å². The van der Waals surface area contributed by atoms with Gasteiger partial charge in [-0.1, -0.05) is 6.92 Å². The molecular weight excluding hydrogens is 248 g/mol. The number of nitrogens with one attached hydrogen (secondary N) is 1. The van der Waals surface area contributed by atoms with E-state index in [-0.39, 0.29) is 32.7 Å². The number of rotatable bonds is 5. The van der Waals surface area contributed by atoms with Crippen molar-refractivity contribution >= 4 is 7.98 Å². The zero-order valence-electron chi connectivity index (χ0n) is 8.53. The summed E-state index contributed by atoms with van der Waals surface area (Å²) in [7, 11) is 5.55. The molecule has 0 aromatic heterocycles. The molecule has 0 spiro atoms. The van der Waals surface area contributed by atoms with Crippen LogP contribution in [-0.4, -0.2) is 26.0 Å². The van der Waals surface area contributed by atoms with Crippen LogP contribution in [0.4, 0.5) is 0 Å². The number of hydrazine groups is 1. The average molecular weight is 262 g/mol. The summed E-state index contributed by atoms with van der Waals surface area (Å²) in [6.07, 6.45) is 0.988. The second-order valence-electron chi connectivity index (χ2n) is 2.85. The molecule has 14 heavy (non-hydrogen) atoms. The monoisotopic (exact) mass is 262 g/mol. The van der Waals surface area contributed by atoms with Crippen LogP contribution in [0.15, 0.2) is 24.3 Å². The maximum absolute atomic E-state index is 5.55. The van der Waals surface area contributed by atoms with E-state index >= 15 is 0 Å². The predicted molar refractivity (Wildman–Crippen MR) is 55.1 cm³/mol. The van der Waals surface area contributed by atoms with Gasteiger partial charge in [0.2, 0.25) is 7.98 Å². The Labute approximate surface area is 113 Å². The van der Waals surface area contributed by atoms with Crippen molar-refractivity contribution < 1.29 is 32.7 Å². The van der Waals surface area contributed by atoms with Crippen LogP contribution in [0.5, 0.6) is 0 Å². The number of hydrogen-bond acceptors (Lipinski definition) is 2. The van der Waals surface area contributed by atoms with Gasteiger partial charge in [0.25, 0.3) is 0 Å². The Morgan fingerprint density at radius 1 is 1.43 bits per heavy atom. The SMILES string of the molecule is [B]N(CC)NCCc1cc[c-]cc1.[Y]. The van der Waals surface area contributed by atoms with Crippen LogP contribution in [0.3, 0.4) is 0 Å². The first-order chi connectivity index (χ1) is 6.33. The average Bonchev–Trinajstić information content (AvgIpc) is 2.19. The summed E-state index contributed by atoms with van der Waals surface area (Å²) in [5, 5.41) is 0. The summed E-state index contributed by atoms with van der Waals surface area (Å²) in [5.41, 5.74) is 4.38. The molecule has 0 bridgehead atoms. The van der Waals surface area contributed by atoms with Gasteiger partial charge < -0.3 is 0 Å². The van der Waals surface area contributed by atoms with Gasteiger partial charge in [-0.05, 0) is 13.0 Å². The molecule has 0 atom stereocenters. The molecule has 1 aromatic carbocycles. The summed E-state index contributed by atoms with van der Waals surface area (Å²) >= 11 is 0. The van der Waals surface area contributed by atoms with E-state index in [2.05, 4.69) is 23.6 Å². The number of benzene rings is 1. The molecule has 2 nitrogen and oxygen atoms in total. The minimum atomic E-state index is 0. The van der Waals surface area contributed by atoms with Crippen LogP contribution in [0, 0.1) is 6.07 Å². The van der Waals surface area contributed by atoms with Crippen LogP contribution in [0.1, 0.15) is 12.5 Å². The zero-order valence-corrected chi connectivity index (χ0v) is 11.4. The van der Waals surface area contributed by atoms with Crippen LogP contribution < -0.4 is 5.43 Å². The first-order valence-corrected chi connectivity index (χ1v) is 4.53. The Bertz CT molecular complexity index is 231. The molecule has 0 saturated carbocycles. The first kappa shape index (κ1) is 14.3. The van der Waals surface area contributed by atoms with Crippen molar-refractivity contribution in [2.24, 2.45) is 0 Å². The number of nitrogens with zero attached hydrogens (tertiary/aromatic N) is 1. The van der Waals surface area contributed by atoms with Gasteiger partial charge in [0.15, 0.2) is 0 Å². The van der Waals surface area contributed by atoms with E-state index in [9.17, 15) is 0 Å². The summed E-state index contributed by atoms with van der Waals surface area (Å²) in [4.78, 5) is 1.59. The third kappa shape index (κ3) is 5.92. The van der Waals surface area contributed by atoms with Gasteiger partial charge in [-0.3, -0.25) is 10.3 Å². The molecule has 0 aliphatic rings. The van der Waals surface area contributed by atoms with Gasteiger partial charge in [-0.2, -0.15) is 35.9 Å². The van der Waals surface area contributed by atoms with Gasteiger partial charge >= 0.3 is 0 Å². The van der Waals surface area contributed by atoms with Crippen molar-refractivity contribution in [2.45, 2.75) is 13.3 Å². The molecule has 0 aliphatic carbocycles. The molecule has 0 heterocycles. The quantitative estimate of drug-likeness (QED) is 0.482. The molecule has 1 rings (SSSR count). The summed E-state index contributed by atoms with van der Waals surface area (Å²) in [6, 6.07) is 11.0. The van der Waals surface area contributed by atoms with Crippen LogP contribution in [0.2, 0.25) is 0 Å². The fraction of sp³-hybridized carbons (Fsp3) is 0.400. The molecule has 0 amide bonds. The normalized spacial score (nSPS) is 9.86. The van der Waals surface area contributed by atoms with E-state index in [0.717, 1.165) is 19.5 Å². The van der Waals surface area contributed by atoms with Crippen molar-refractivity contribution in [3.8, 4) is 0 Å². The van der Waals surface area contributed by atoms with E-state index in [4.69, 9.17) is 7.98 Å². The Balaban J connectivity index is 0.00000169. The maximum atomic E-state index is 5.55. The third-order valence-corrected chi connectivity index (χ3v) is 1.86. The maximum Gasteiger partial charge on any atom is 0.206 e. The van der Waals surface area contributed by atoms with Crippen molar-refractivity contribution in [1.29, 1.82) is 0 Å². The first-order valence-electron chi connectivity index (χ1n) is 4.53. The molecular formula is C10H14BN2Y-. The van der Waals surface area contributed by atoms with Gasteiger partial charge in [0.1, 0.15) is 0 Å². The van der Waals surface area contributed by atoms with Gasteiger partial charge in [0, 0.05) is 39.3 Å². The Kier molecular flexibility index (Phi) is 8.79. The Hall–Kier alpha value is 0.309.